The Kier molecular flexibility index (Phi) is 7.02. The van der Waals surface area contributed by atoms with Gasteiger partial charge in [-0.15, -0.1) is 0 Å². The monoisotopic (exact) mass is 272 g/mol. The highest BCUT2D eigenvalue weighted by molar-refractivity contribution is 5.83. The third-order valence-corrected chi connectivity index (χ3v) is 3.40. The number of cyclic esters (lactones) is 1. The quantitative estimate of drug-likeness (QED) is 0.596. The zero-order valence-corrected chi connectivity index (χ0v) is 11.5. The highest BCUT2D eigenvalue weighted by atomic mass is 16.5. The normalized spacial score (nSPS) is 29.9. The zero-order chi connectivity index (χ0) is 14.3. The van der Waals surface area contributed by atoms with Gasteiger partial charge in [0.05, 0.1) is 6.10 Å². The van der Waals surface area contributed by atoms with E-state index in [1.54, 1.807) is 0 Å². The highest BCUT2D eigenvalue weighted by Crippen LogP contribution is 2.18. The fourth-order valence-corrected chi connectivity index (χ4v) is 2.23. The number of carbonyl (C=O) groups excluding carboxylic acids is 2. The number of ketones is 1. The summed E-state index contributed by atoms with van der Waals surface area (Å²) in [7, 11) is 0. The van der Waals surface area contributed by atoms with Crippen LogP contribution in [0.2, 0.25) is 0 Å². The van der Waals surface area contributed by atoms with E-state index in [0.717, 1.165) is 19.3 Å². The third kappa shape index (κ3) is 6.16. The minimum atomic E-state index is -1.15. The summed E-state index contributed by atoms with van der Waals surface area (Å²) in [6, 6.07) is 0. The van der Waals surface area contributed by atoms with Crippen LogP contribution in [0.25, 0.3) is 0 Å². The van der Waals surface area contributed by atoms with Crippen LogP contribution in [-0.2, 0) is 14.3 Å². The van der Waals surface area contributed by atoms with Gasteiger partial charge in [0.1, 0.15) is 12.2 Å². The molecule has 5 heteroatoms. The molecule has 0 unspecified atom stereocenters. The van der Waals surface area contributed by atoms with Crippen LogP contribution in [0, 0.1) is 0 Å². The van der Waals surface area contributed by atoms with E-state index in [1.165, 1.54) is 0 Å². The van der Waals surface area contributed by atoms with Crippen molar-refractivity contribution in [3.63, 3.8) is 0 Å². The van der Waals surface area contributed by atoms with Gasteiger partial charge in [-0.1, -0.05) is 19.8 Å². The molecule has 3 atom stereocenters. The van der Waals surface area contributed by atoms with E-state index in [1.807, 2.05) is 0 Å². The predicted octanol–water partition coefficient (Wildman–Crippen LogP) is 1.34. The largest absolute Gasteiger partial charge is 0.462 e. The molecule has 1 rings (SSSR count). The first-order chi connectivity index (χ1) is 9.02. The molecule has 0 radical (unpaired) electrons. The molecular weight excluding hydrogens is 248 g/mol. The third-order valence-electron chi connectivity index (χ3n) is 3.40. The number of aliphatic hydroxyl groups excluding tert-OH is 2. The van der Waals surface area contributed by atoms with Crippen LogP contribution >= 0.6 is 0 Å². The van der Waals surface area contributed by atoms with Gasteiger partial charge in [-0.05, 0) is 19.3 Å². The molecular formula is C14H24O5. The minimum Gasteiger partial charge on any atom is -0.462 e. The van der Waals surface area contributed by atoms with E-state index >= 15 is 0 Å². The summed E-state index contributed by atoms with van der Waals surface area (Å²) < 4.78 is 5.28. The lowest BCUT2D eigenvalue weighted by Crippen LogP contribution is -2.33. The lowest BCUT2D eigenvalue weighted by Gasteiger charge is -2.23. The van der Waals surface area contributed by atoms with Crippen LogP contribution in [0.1, 0.15) is 58.3 Å². The summed E-state index contributed by atoms with van der Waals surface area (Å²) in [5.41, 5.74) is 0. The van der Waals surface area contributed by atoms with Crippen molar-refractivity contribution >= 4 is 11.8 Å². The first-order valence-corrected chi connectivity index (χ1v) is 7.11. The average molecular weight is 272 g/mol. The number of Topliss-reactive ketones (excluding diaryl/α,β-unsaturated/α-hetero) is 1. The first-order valence-electron chi connectivity index (χ1n) is 7.11. The van der Waals surface area contributed by atoms with Crippen LogP contribution in [0.4, 0.5) is 0 Å². The van der Waals surface area contributed by atoms with Gasteiger partial charge >= 0.3 is 5.97 Å². The van der Waals surface area contributed by atoms with Crippen molar-refractivity contribution in [1.29, 1.82) is 0 Å². The van der Waals surface area contributed by atoms with Gasteiger partial charge in [-0.3, -0.25) is 9.59 Å². The fraction of sp³-hybridized carbons (Fsp3) is 0.857. The molecule has 1 fully saturated rings. The molecule has 0 spiro atoms. The Bertz CT molecular complexity index is 302. The summed E-state index contributed by atoms with van der Waals surface area (Å²) in [5.74, 6) is -0.729. The lowest BCUT2D eigenvalue weighted by atomic mass is 9.97. The van der Waals surface area contributed by atoms with Crippen LogP contribution in [0.15, 0.2) is 0 Å². The maximum absolute atomic E-state index is 11.6. The van der Waals surface area contributed by atoms with Crippen LogP contribution in [-0.4, -0.2) is 40.3 Å². The molecule has 0 aromatic heterocycles. The Morgan fingerprint density at radius 3 is 2.68 bits per heavy atom. The molecule has 0 saturated carbocycles. The molecule has 0 amide bonds. The van der Waals surface area contributed by atoms with Crippen LogP contribution in [0.3, 0.4) is 0 Å². The van der Waals surface area contributed by atoms with Crippen LogP contribution in [0.5, 0.6) is 0 Å². The second-order valence-electron chi connectivity index (χ2n) is 5.22. The second kappa shape index (κ2) is 8.27. The van der Waals surface area contributed by atoms with Crippen molar-refractivity contribution in [2.45, 2.75) is 76.6 Å². The molecule has 0 aromatic carbocycles. The van der Waals surface area contributed by atoms with Crippen molar-refractivity contribution in [1.82, 2.24) is 0 Å². The van der Waals surface area contributed by atoms with Gasteiger partial charge in [0.25, 0.3) is 0 Å². The smallest absolute Gasteiger partial charge is 0.306 e. The molecule has 1 aliphatic rings. The van der Waals surface area contributed by atoms with Crippen molar-refractivity contribution in [2.24, 2.45) is 0 Å². The van der Waals surface area contributed by atoms with Gasteiger partial charge < -0.3 is 14.9 Å². The molecule has 5 nitrogen and oxygen atoms in total. The Morgan fingerprint density at radius 2 is 2.00 bits per heavy atom. The van der Waals surface area contributed by atoms with Gasteiger partial charge in [0.2, 0.25) is 0 Å². The maximum atomic E-state index is 11.6. The van der Waals surface area contributed by atoms with Crippen molar-refractivity contribution in [3.8, 4) is 0 Å². The van der Waals surface area contributed by atoms with E-state index in [-0.39, 0.29) is 37.4 Å². The van der Waals surface area contributed by atoms with Gasteiger partial charge in [-0.2, -0.15) is 0 Å². The van der Waals surface area contributed by atoms with E-state index < -0.39 is 18.3 Å². The van der Waals surface area contributed by atoms with E-state index in [0.29, 0.717) is 6.42 Å². The molecule has 0 aliphatic carbocycles. The van der Waals surface area contributed by atoms with E-state index in [4.69, 9.17) is 4.74 Å². The topological polar surface area (TPSA) is 83.8 Å². The highest BCUT2D eigenvalue weighted by Gasteiger charge is 2.27. The minimum absolute atomic E-state index is 0.0872. The number of ether oxygens (including phenoxy) is 1. The number of esters is 1. The molecule has 0 bridgehead atoms. The summed E-state index contributed by atoms with van der Waals surface area (Å²) in [6.07, 6.45) is 1.66. The van der Waals surface area contributed by atoms with Crippen molar-refractivity contribution in [3.05, 3.63) is 0 Å². The Hall–Kier alpha value is -0.940. The van der Waals surface area contributed by atoms with Crippen molar-refractivity contribution in [2.75, 3.05) is 0 Å². The maximum Gasteiger partial charge on any atom is 0.306 e. The van der Waals surface area contributed by atoms with E-state index in [2.05, 4.69) is 6.92 Å². The number of carbonyl (C=O) groups is 2. The van der Waals surface area contributed by atoms with Gasteiger partial charge in [0.15, 0.2) is 5.78 Å². The molecule has 1 heterocycles. The summed E-state index contributed by atoms with van der Waals surface area (Å²) in [5, 5.41) is 19.3. The molecule has 110 valence electrons. The van der Waals surface area contributed by atoms with Gasteiger partial charge in [0, 0.05) is 19.3 Å². The molecule has 2 N–H and O–H groups in total. The predicted molar refractivity (Wildman–Crippen MR) is 69.5 cm³/mol. The van der Waals surface area contributed by atoms with Crippen molar-refractivity contribution < 1.29 is 24.5 Å². The van der Waals surface area contributed by atoms with E-state index in [9.17, 15) is 19.8 Å². The number of unbranched alkanes of at least 4 members (excludes halogenated alkanes) is 2. The Labute approximate surface area is 114 Å². The standard InChI is InChI=1S/C14H24O5/c1-2-3-4-5-11-9-13(17)12(16)8-10(15)6-7-14(18)19-11/h10-11,13,15,17H,2-9H2,1H3/t10-,11-,13-/m0/s1. The SMILES string of the molecule is CCCCC[C@H]1C[C@H](O)C(=O)C[C@@H](O)CCC(=O)O1. The first kappa shape index (κ1) is 16.1. The zero-order valence-electron chi connectivity index (χ0n) is 11.5. The average Bonchev–Trinajstić information content (AvgIpc) is 2.35. The molecule has 0 aromatic rings. The summed E-state index contributed by atoms with van der Waals surface area (Å²) in [4.78, 5) is 23.2. The molecule has 1 saturated heterocycles. The number of aliphatic hydroxyl groups is 2. The Morgan fingerprint density at radius 1 is 1.26 bits per heavy atom. The summed E-state index contributed by atoms with van der Waals surface area (Å²) in [6.45, 7) is 2.08. The fourth-order valence-electron chi connectivity index (χ4n) is 2.23. The molecule has 19 heavy (non-hydrogen) atoms. The van der Waals surface area contributed by atoms with Gasteiger partial charge in [-0.25, -0.2) is 0 Å². The summed E-state index contributed by atoms with van der Waals surface area (Å²) >= 11 is 0. The van der Waals surface area contributed by atoms with Crippen LogP contribution < -0.4 is 0 Å². The Balaban J connectivity index is 2.59. The number of hydrogen-bond donors (Lipinski definition) is 2. The number of rotatable bonds is 4. The lowest BCUT2D eigenvalue weighted by molar-refractivity contribution is -0.154. The molecule has 1 aliphatic heterocycles. The second-order valence-corrected chi connectivity index (χ2v) is 5.22. The number of hydrogen-bond acceptors (Lipinski definition) is 5.